The van der Waals surface area contributed by atoms with Crippen LogP contribution in [0.3, 0.4) is 0 Å². The molecule has 0 aliphatic rings. The summed E-state index contributed by atoms with van der Waals surface area (Å²) in [6, 6.07) is 14.4. The van der Waals surface area contributed by atoms with E-state index in [1.54, 1.807) is 41.7 Å². The first-order valence-corrected chi connectivity index (χ1v) is 11.1. The van der Waals surface area contributed by atoms with Crippen LogP contribution in [0.5, 0.6) is 5.75 Å². The summed E-state index contributed by atoms with van der Waals surface area (Å²) in [6.07, 6.45) is 0. The largest absolute Gasteiger partial charge is 0.483 e. The van der Waals surface area contributed by atoms with Crippen molar-refractivity contribution in [2.45, 2.75) is 11.8 Å². The fourth-order valence-corrected chi connectivity index (χ4v) is 3.82. The summed E-state index contributed by atoms with van der Waals surface area (Å²) in [5, 5.41) is 9.85. The molecule has 13 heteroatoms. The second-order valence-electron chi connectivity index (χ2n) is 7.07. The number of anilines is 1. The molecule has 0 aliphatic carbocycles. The minimum atomic E-state index is -2.33. The molecule has 0 saturated carbocycles. The van der Waals surface area contributed by atoms with Gasteiger partial charge in [-0.25, -0.2) is 26.3 Å². The lowest BCUT2D eigenvalue weighted by Gasteiger charge is -2.12. The lowest BCUT2D eigenvalue weighted by atomic mass is 10.2. The zero-order valence-corrected chi connectivity index (χ0v) is 18.8. The molecule has 36 heavy (non-hydrogen) atoms. The van der Waals surface area contributed by atoms with Gasteiger partial charge in [0.1, 0.15) is 12.3 Å². The minimum Gasteiger partial charge on any atom is -0.483 e. The SMILES string of the molecule is O=C(CSc1nnc(COc2ccccc2F)n1-c1ccccc1)Nc1c(F)c(F)c(F)c(F)c1F. The van der Waals surface area contributed by atoms with Crippen LogP contribution in [0.4, 0.5) is 32.0 Å². The van der Waals surface area contributed by atoms with Gasteiger partial charge in [0.05, 0.1) is 5.75 Å². The van der Waals surface area contributed by atoms with Gasteiger partial charge in [0.15, 0.2) is 45.8 Å². The average molecular weight is 524 g/mol. The van der Waals surface area contributed by atoms with Crippen LogP contribution in [0.25, 0.3) is 5.69 Å². The van der Waals surface area contributed by atoms with E-state index in [0.717, 1.165) is 11.8 Å². The topological polar surface area (TPSA) is 69.0 Å². The van der Waals surface area contributed by atoms with Crippen molar-refractivity contribution in [1.29, 1.82) is 0 Å². The van der Waals surface area contributed by atoms with E-state index < -0.39 is 52.3 Å². The van der Waals surface area contributed by atoms with Crippen LogP contribution in [0.1, 0.15) is 5.82 Å². The standard InChI is InChI=1S/C23H14F6N4O2S/c24-13-8-4-5-9-14(13)35-10-15-31-32-23(33(15)12-6-2-1-3-7-12)36-11-16(34)30-22-20(28)18(26)17(25)19(27)21(22)29/h1-9H,10-11H2,(H,30,34). The number of hydrogen-bond donors (Lipinski definition) is 1. The van der Waals surface area contributed by atoms with Gasteiger partial charge in [-0.1, -0.05) is 42.1 Å². The van der Waals surface area contributed by atoms with E-state index in [2.05, 4.69) is 10.2 Å². The van der Waals surface area contributed by atoms with Crippen molar-refractivity contribution in [3.8, 4) is 11.4 Å². The molecule has 1 N–H and O–H groups in total. The lowest BCUT2D eigenvalue weighted by Crippen LogP contribution is -2.19. The molecule has 0 unspecified atom stereocenters. The van der Waals surface area contributed by atoms with Gasteiger partial charge in [-0.15, -0.1) is 10.2 Å². The summed E-state index contributed by atoms with van der Waals surface area (Å²) < 4.78 is 88.6. The predicted octanol–water partition coefficient (Wildman–Crippen LogP) is 5.41. The van der Waals surface area contributed by atoms with E-state index in [0.29, 0.717) is 5.69 Å². The summed E-state index contributed by atoms with van der Waals surface area (Å²) in [6.45, 7) is -0.194. The fourth-order valence-electron chi connectivity index (χ4n) is 3.05. The number of amides is 1. The predicted molar refractivity (Wildman–Crippen MR) is 118 cm³/mol. The average Bonchev–Trinajstić information content (AvgIpc) is 3.30. The number of benzene rings is 3. The Labute approximate surface area is 203 Å². The zero-order chi connectivity index (χ0) is 25.8. The third kappa shape index (κ3) is 5.15. The Hall–Kier alpha value is -4.00. The molecule has 6 nitrogen and oxygen atoms in total. The first kappa shape index (κ1) is 25.1. The molecule has 3 aromatic carbocycles. The van der Waals surface area contributed by atoms with Gasteiger partial charge in [-0.2, -0.15) is 0 Å². The van der Waals surface area contributed by atoms with Gasteiger partial charge < -0.3 is 10.1 Å². The number of nitrogens with zero attached hydrogens (tertiary/aromatic N) is 3. The summed E-state index contributed by atoms with van der Waals surface area (Å²) in [4.78, 5) is 12.3. The molecule has 186 valence electrons. The smallest absolute Gasteiger partial charge is 0.235 e. The van der Waals surface area contributed by atoms with Gasteiger partial charge in [-0.3, -0.25) is 9.36 Å². The Kier molecular flexibility index (Phi) is 7.48. The second-order valence-corrected chi connectivity index (χ2v) is 8.01. The van der Waals surface area contributed by atoms with Crippen molar-refractivity contribution >= 4 is 23.4 Å². The summed E-state index contributed by atoms with van der Waals surface area (Å²) >= 11 is 0.779. The van der Waals surface area contributed by atoms with Crippen molar-refractivity contribution in [3.63, 3.8) is 0 Å². The van der Waals surface area contributed by atoms with E-state index in [1.807, 2.05) is 0 Å². The molecule has 1 aromatic heterocycles. The van der Waals surface area contributed by atoms with Gasteiger partial charge in [0, 0.05) is 5.69 Å². The highest BCUT2D eigenvalue weighted by molar-refractivity contribution is 7.99. The number of carbonyl (C=O) groups excluding carboxylic acids is 1. The number of aromatic nitrogens is 3. The van der Waals surface area contributed by atoms with Crippen molar-refractivity contribution in [3.05, 3.63) is 95.3 Å². The lowest BCUT2D eigenvalue weighted by molar-refractivity contribution is -0.113. The van der Waals surface area contributed by atoms with Crippen molar-refractivity contribution in [1.82, 2.24) is 14.8 Å². The van der Waals surface area contributed by atoms with E-state index >= 15 is 0 Å². The molecule has 4 rings (SSSR count). The quantitative estimate of drug-likeness (QED) is 0.145. The Morgan fingerprint density at radius 1 is 0.833 bits per heavy atom. The molecule has 1 heterocycles. The number of carbonyl (C=O) groups is 1. The molecule has 0 spiro atoms. The zero-order valence-electron chi connectivity index (χ0n) is 17.9. The maximum Gasteiger partial charge on any atom is 0.235 e. The maximum absolute atomic E-state index is 13.9. The molecule has 0 aliphatic heterocycles. The monoisotopic (exact) mass is 524 g/mol. The summed E-state index contributed by atoms with van der Waals surface area (Å²) in [5.41, 5.74) is -0.891. The molecular formula is C23H14F6N4O2S. The number of nitrogens with one attached hydrogen (secondary N) is 1. The third-order valence-corrected chi connectivity index (χ3v) is 5.64. The minimum absolute atomic E-state index is 0.0171. The van der Waals surface area contributed by atoms with E-state index in [4.69, 9.17) is 4.74 Å². The van der Waals surface area contributed by atoms with Crippen molar-refractivity contribution in [2.75, 3.05) is 11.1 Å². The van der Waals surface area contributed by atoms with Crippen molar-refractivity contribution < 1.29 is 35.9 Å². The number of ether oxygens (including phenoxy) is 1. The Bertz CT molecular complexity index is 1390. The molecule has 0 radical (unpaired) electrons. The van der Waals surface area contributed by atoms with E-state index in [9.17, 15) is 31.1 Å². The highest BCUT2D eigenvalue weighted by Gasteiger charge is 2.27. The first-order valence-electron chi connectivity index (χ1n) is 10.1. The molecule has 4 aromatic rings. The number of para-hydroxylation sites is 2. The molecule has 0 bridgehead atoms. The number of halogens is 6. The molecule has 1 amide bonds. The van der Waals surface area contributed by atoms with Gasteiger partial charge >= 0.3 is 0 Å². The van der Waals surface area contributed by atoms with Gasteiger partial charge in [0.25, 0.3) is 0 Å². The summed E-state index contributed by atoms with van der Waals surface area (Å²) in [5.74, 6) is -13.0. The Morgan fingerprint density at radius 2 is 1.44 bits per heavy atom. The first-order chi connectivity index (χ1) is 17.3. The fraction of sp³-hybridized carbons (Fsp3) is 0.0870. The van der Waals surface area contributed by atoms with Gasteiger partial charge in [0.2, 0.25) is 11.7 Å². The van der Waals surface area contributed by atoms with Crippen LogP contribution in [0.15, 0.2) is 59.8 Å². The van der Waals surface area contributed by atoms with Crippen LogP contribution < -0.4 is 10.1 Å². The van der Waals surface area contributed by atoms with Crippen molar-refractivity contribution in [2.24, 2.45) is 0 Å². The van der Waals surface area contributed by atoms with E-state index in [1.165, 1.54) is 22.8 Å². The van der Waals surface area contributed by atoms with Gasteiger partial charge in [-0.05, 0) is 24.3 Å². The Morgan fingerprint density at radius 3 is 2.11 bits per heavy atom. The number of thioether (sulfide) groups is 1. The van der Waals surface area contributed by atoms with E-state index in [-0.39, 0.29) is 23.3 Å². The van der Waals surface area contributed by atoms with Crippen LogP contribution >= 0.6 is 11.8 Å². The van der Waals surface area contributed by atoms with Crippen LogP contribution in [0, 0.1) is 34.9 Å². The highest BCUT2D eigenvalue weighted by Crippen LogP contribution is 2.28. The number of rotatable bonds is 8. The van der Waals surface area contributed by atoms with Crippen LogP contribution in [-0.4, -0.2) is 26.4 Å². The molecule has 0 atom stereocenters. The normalized spacial score (nSPS) is 10.9. The Balaban J connectivity index is 1.54. The molecular weight excluding hydrogens is 510 g/mol. The van der Waals surface area contributed by atoms with Crippen LogP contribution in [0.2, 0.25) is 0 Å². The summed E-state index contributed by atoms with van der Waals surface area (Å²) in [7, 11) is 0. The molecule has 0 fully saturated rings. The molecule has 0 saturated heterocycles. The third-order valence-electron chi connectivity index (χ3n) is 4.71. The van der Waals surface area contributed by atoms with Crippen LogP contribution in [-0.2, 0) is 11.4 Å². The maximum atomic E-state index is 13.9. The number of hydrogen-bond acceptors (Lipinski definition) is 5. The second kappa shape index (κ2) is 10.7. The highest BCUT2D eigenvalue weighted by atomic mass is 32.2.